The quantitative estimate of drug-likeness (QED) is 0.732. The molecule has 0 saturated heterocycles. The van der Waals surface area contributed by atoms with Crippen LogP contribution in [0.25, 0.3) is 5.57 Å². The Bertz CT molecular complexity index is 422. The molecule has 0 unspecified atom stereocenters. The highest BCUT2D eigenvalue weighted by Crippen LogP contribution is 2.24. The maximum absolute atomic E-state index is 11.5. The molecule has 0 spiro atoms. The van der Waals surface area contributed by atoms with E-state index in [4.69, 9.17) is 4.74 Å². The van der Waals surface area contributed by atoms with Gasteiger partial charge in [0, 0.05) is 14.1 Å². The van der Waals surface area contributed by atoms with E-state index >= 15 is 0 Å². The average molecular weight is 219 g/mol. The summed E-state index contributed by atoms with van der Waals surface area (Å²) in [5.74, 6) is -0.322. The van der Waals surface area contributed by atoms with E-state index in [2.05, 4.69) is 6.58 Å². The number of allylic oxidation sites excluding steroid dienone is 1. The molecule has 0 bridgehead atoms. The van der Waals surface area contributed by atoms with Gasteiger partial charge in [0.15, 0.2) is 0 Å². The fourth-order valence-corrected chi connectivity index (χ4v) is 1.45. The van der Waals surface area contributed by atoms with Crippen LogP contribution in [0.5, 0.6) is 0 Å². The van der Waals surface area contributed by atoms with Crippen LogP contribution in [0.2, 0.25) is 0 Å². The normalized spacial score (nSPS) is 9.75. The SMILES string of the molecule is C=C(C)c1ccc(C(=O)OC)c(N(C)C)c1. The number of esters is 1. The molecule has 86 valence electrons. The molecule has 3 nitrogen and oxygen atoms in total. The Morgan fingerprint density at radius 3 is 2.44 bits per heavy atom. The van der Waals surface area contributed by atoms with E-state index in [9.17, 15) is 4.79 Å². The minimum Gasteiger partial charge on any atom is -0.465 e. The van der Waals surface area contributed by atoms with Crippen molar-refractivity contribution in [1.82, 2.24) is 0 Å². The molecular weight excluding hydrogens is 202 g/mol. The molecule has 0 N–H and O–H groups in total. The van der Waals surface area contributed by atoms with Gasteiger partial charge in [-0.15, -0.1) is 0 Å². The second kappa shape index (κ2) is 4.84. The predicted octanol–water partition coefficient (Wildman–Crippen LogP) is 2.57. The molecule has 1 aromatic rings. The molecule has 0 saturated carbocycles. The minimum absolute atomic E-state index is 0.322. The molecule has 0 aromatic heterocycles. The van der Waals surface area contributed by atoms with E-state index < -0.39 is 0 Å². The third kappa shape index (κ3) is 2.42. The molecule has 0 atom stereocenters. The Labute approximate surface area is 96.3 Å². The first-order valence-corrected chi connectivity index (χ1v) is 5.03. The van der Waals surface area contributed by atoms with Crippen molar-refractivity contribution < 1.29 is 9.53 Å². The topological polar surface area (TPSA) is 29.5 Å². The number of carbonyl (C=O) groups is 1. The second-order valence-electron chi connectivity index (χ2n) is 3.90. The predicted molar refractivity (Wildman–Crippen MR) is 66.8 cm³/mol. The molecule has 0 heterocycles. The van der Waals surface area contributed by atoms with Gasteiger partial charge in [0.1, 0.15) is 0 Å². The van der Waals surface area contributed by atoms with Crippen LogP contribution < -0.4 is 4.90 Å². The molecule has 0 aliphatic rings. The summed E-state index contributed by atoms with van der Waals surface area (Å²) in [5.41, 5.74) is 3.40. The third-order valence-electron chi connectivity index (χ3n) is 2.38. The van der Waals surface area contributed by atoms with E-state index in [-0.39, 0.29) is 5.97 Å². The van der Waals surface area contributed by atoms with E-state index in [1.165, 1.54) is 7.11 Å². The number of hydrogen-bond acceptors (Lipinski definition) is 3. The van der Waals surface area contributed by atoms with Crippen molar-refractivity contribution in [3.63, 3.8) is 0 Å². The Balaban J connectivity index is 3.30. The summed E-state index contributed by atoms with van der Waals surface area (Å²) in [6.07, 6.45) is 0. The molecule has 0 aliphatic heterocycles. The second-order valence-corrected chi connectivity index (χ2v) is 3.90. The number of nitrogens with zero attached hydrogens (tertiary/aromatic N) is 1. The highest BCUT2D eigenvalue weighted by molar-refractivity contribution is 5.96. The zero-order valence-electron chi connectivity index (χ0n) is 10.2. The average Bonchev–Trinajstić information content (AvgIpc) is 2.26. The van der Waals surface area contributed by atoms with Gasteiger partial charge in [-0.05, 0) is 24.6 Å². The van der Waals surface area contributed by atoms with E-state index in [1.807, 2.05) is 38.1 Å². The molecule has 16 heavy (non-hydrogen) atoms. The third-order valence-corrected chi connectivity index (χ3v) is 2.38. The number of ether oxygens (including phenoxy) is 1. The maximum atomic E-state index is 11.5. The Hall–Kier alpha value is -1.77. The lowest BCUT2D eigenvalue weighted by Gasteiger charge is -2.17. The first-order chi connectivity index (χ1) is 7.47. The molecule has 3 heteroatoms. The summed E-state index contributed by atoms with van der Waals surface area (Å²) in [5, 5.41) is 0. The van der Waals surface area contributed by atoms with Crippen molar-refractivity contribution in [2.45, 2.75) is 6.92 Å². The lowest BCUT2D eigenvalue weighted by atomic mass is 10.0. The minimum atomic E-state index is -0.322. The van der Waals surface area contributed by atoms with Gasteiger partial charge in [0.25, 0.3) is 0 Å². The summed E-state index contributed by atoms with van der Waals surface area (Å²) in [6, 6.07) is 5.58. The summed E-state index contributed by atoms with van der Waals surface area (Å²) < 4.78 is 4.74. The van der Waals surface area contributed by atoms with Gasteiger partial charge in [-0.1, -0.05) is 18.2 Å². The summed E-state index contributed by atoms with van der Waals surface area (Å²) in [7, 11) is 5.17. The highest BCUT2D eigenvalue weighted by atomic mass is 16.5. The van der Waals surface area contributed by atoms with Crippen molar-refractivity contribution in [3.8, 4) is 0 Å². The van der Waals surface area contributed by atoms with Crippen molar-refractivity contribution in [2.24, 2.45) is 0 Å². The van der Waals surface area contributed by atoms with Crippen LogP contribution in [-0.2, 0) is 4.74 Å². The number of benzene rings is 1. The molecule has 0 amide bonds. The van der Waals surface area contributed by atoms with E-state index in [0.29, 0.717) is 5.56 Å². The number of methoxy groups -OCH3 is 1. The Morgan fingerprint density at radius 1 is 1.38 bits per heavy atom. The van der Waals surface area contributed by atoms with Gasteiger partial charge in [-0.3, -0.25) is 0 Å². The van der Waals surface area contributed by atoms with Crippen molar-refractivity contribution in [3.05, 3.63) is 35.9 Å². The van der Waals surface area contributed by atoms with Crippen molar-refractivity contribution in [1.29, 1.82) is 0 Å². The van der Waals surface area contributed by atoms with E-state index in [0.717, 1.165) is 16.8 Å². The molecular formula is C13H17NO2. The van der Waals surface area contributed by atoms with Gasteiger partial charge < -0.3 is 9.64 Å². The van der Waals surface area contributed by atoms with Crippen LogP contribution in [0.15, 0.2) is 24.8 Å². The smallest absolute Gasteiger partial charge is 0.339 e. The number of carbonyl (C=O) groups excluding carboxylic acids is 1. The summed E-state index contributed by atoms with van der Waals surface area (Å²) >= 11 is 0. The van der Waals surface area contributed by atoms with Crippen molar-refractivity contribution >= 4 is 17.2 Å². The molecule has 0 radical (unpaired) electrons. The van der Waals surface area contributed by atoms with Crippen LogP contribution in [-0.4, -0.2) is 27.2 Å². The van der Waals surface area contributed by atoms with Gasteiger partial charge in [0.05, 0.1) is 18.4 Å². The maximum Gasteiger partial charge on any atom is 0.339 e. The highest BCUT2D eigenvalue weighted by Gasteiger charge is 2.13. The van der Waals surface area contributed by atoms with Crippen LogP contribution >= 0.6 is 0 Å². The molecule has 1 aromatic carbocycles. The lowest BCUT2D eigenvalue weighted by molar-refractivity contribution is 0.0601. The summed E-state index contributed by atoms with van der Waals surface area (Å²) in [4.78, 5) is 13.4. The van der Waals surface area contributed by atoms with E-state index in [1.54, 1.807) is 6.07 Å². The Morgan fingerprint density at radius 2 is 2.00 bits per heavy atom. The van der Waals surface area contributed by atoms with Crippen LogP contribution in [0.4, 0.5) is 5.69 Å². The van der Waals surface area contributed by atoms with Crippen LogP contribution in [0.3, 0.4) is 0 Å². The molecule has 0 aliphatic carbocycles. The molecule has 1 rings (SSSR count). The number of hydrogen-bond donors (Lipinski definition) is 0. The first kappa shape index (κ1) is 12.3. The van der Waals surface area contributed by atoms with Gasteiger partial charge in [0.2, 0.25) is 0 Å². The zero-order valence-corrected chi connectivity index (χ0v) is 10.2. The standard InChI is InChI=1S/C13H17NO2/c1-9(2)10-6-7-11(13(15)16-5)12(8-10)14(3)4/h6-8H,1H2,2-5H3. The van der Waals surface area contributed by atoms with Gasteiger partial charge in [-0.25, -0.2) is 4.79 Å². The molecule has 0 fully saturated rings. The van der Waals surface area contributed by atoms with Gasteiger partial charge >= 0.3 is 5.97 Å². The zero-order chi connectivity index (χ0) is 12.3. The Kier molecular flexibility index (Phi) is 3.72. The van der Waals surface area contributed by atoms with Crippen LogP contribution in [0.1, 0.15) is 22.8 Å². The number of rotatable bonds is 3. The number of anilines is 1. The van der Waals surface area contributed by atoms with Crippen LogP contribution in [0, 0.1) is 0 Å². The summed E-state index contributed by atoms with van der Waals surface area (Å²) in [6.45, 7) is 5.82. The fourth-order valence-electron chi connectivity index (χ4n) is 1.45. The lowest BCUT2D eigenvalue weighted by Crippen LogP contribution is -2.15. The monoisotopic (exact) mass is 219 g/mol. The van der Waals surface area contributed by atoms with Gasteiger partial charge in [-0.2, -0.15) is 0 Å². The fraction of sp³-hybridized carbons (Fsp3) is 0.308. The largest absolute Gasteiger partial charge is 0.465 e. The van der Waals surface area contributed by atoms with Crippen molar-refractivity contribution in [2.75, 3.05) is 26.1 Å². The first-order valence-electron chi connectivity index (χ1n) is 5.03.